The van der Waals surface area contributed by atoms with Gasteiger partial charge in [-0.2, -0.15) is 0 Å². The van der Waals surface area contributed by atoms with E-state index in [4.69, 9.17) is 0 Å². The summed E-state index contributed by atoms with van der Waals surface area (Å²) in [6, 6.07) is 42.9. The average molecular weight is 600 g/mol. The molecule has 6 radical (unpaired) electrons. The van der Waals surface area contributed by atoms with E-state index in [0.29, 0.717) is 0 Å². The van der Waals surface area contributed by atoms with Crippen LogP contribution < -0.4 is 17.6 Å². The van der Waals surface area contributed by atoms with Gasteiger partial charge in [0.05, 0.1) is 0 Å². The molecule has 0 heterocycles. The van der Waals surface area contributed by atoms with Crippen LogP contribution in [0.15, 0.2) is 121 Å². The van der Waals surface area contributed by atoms with Gasteiger partial charge in [-0.15, -0.1) is 0 Å². The fourth-order valence-corrected chi connectivity index (χ4v) is 6.83. The van der Waals surface area contributed by atoms with Crippen molar-refractivity contribution in [2.24, 2.45) is 0 Å². The second-order valence-corrected chi connectivity index (χ2v) is 20.6. The van der Waals surface area contributed by atoms with Crippen LogP contribution in [0.4, 0.5) is 0 Å². The number of hydrogen-bond acceptors (Lipinski definition) is 0. The molecule has 0 fully saturated rings. The first kappa shape index (κ1) is 30.4. The van der Waals surface area contributed by atoms with Gasteiger partial charge in [-0.05, 0) is 0 Å². The third kappa shape index (κ3) is 17.8. The van der Waals surface area contributed by atoms with Crippen molar-refractivity contribution in [1.82, 2.24) is 0 Å². The zero-order valence-corrected chi connectivity index (χ0v) is 27.7. The van der Waals surface area contributed by atoms with E-state index < -0.39 is 0 Å². The third-order valence-corrected chi connectivity index (χ3v) is 8.89. The first-order valence-corrected chi connectivity index (χ1v) is 21.8. The Morgan fingerprint density at radius 3 is 0.618 bits per heavy atom. The van der Waals surface area contributed by atoms with Gasteiger partial charge in [0.2, 0.25) is 0 Å². The van der Waals surface area contributed by atoms with Crippen LogP contribution in [-0.2, 0) is 0 Å². The van der Waals surface area contributed by atoms with E-state index >= 15 is 0 Å². The Labute approximate surface area is 225 Å². The molecule has 0 saturated carbocycles. The first-order valence-electron chi connectivity index (χ1n) is 11.6. The summed E-state index contributed by atoms with van der Waals surface area (Å²) in [6.45, 7) is 13.6. The monoisotopic (exact) mass is 602 g/mol. The fraction of sp³-hybridized carbons (Fsp3) is 0.200. The molecule has 0 aliphatic carbocycles. The van der Waals surface area contributed by atoms with Gasteiger partial charge in [0.25, 0.3) is 0 Å². The molecule has 0 aromatic heterocycles. The van der Waals surface area contributed by atoms with Crippen LogP contribution in [0.2, 0.25) is 39.3 Å². The van der Waals surface area contributed by atoms with Gasteiger partial charge in [0.15, 0.2) is 0 Å². The fourth-order valence-electron chi connectivity index (χ4n) is 2.42. The van der Waals surface area contributed by atoms with E-state index in [1.54, 1.807) is 0 Å². The van der Waals surface area contributed by atoms with Crippen LogP contribution in [0.1, 0.15) is 0 Å². The van der Waals surface area contributed by atoms with E-state index in [9.17, 15) is 0 Å². The molecule has 4 rings (SSSR count). The summed E-state index contributed by atoms with van der Waals surface area (Å²) < 4.78 is 5.98. The standard InChI is InChI=1S/2C12H10Ge.2C3H9Si/c2*1-3-7-11(8-4-1)13-12-9-5-2-6-10-12;2*1-4(2)3/h2*1-10H;2*1-3H3. The molecule has 0 unspecified atom stereocenters. The Morgan fingerprint density at radius 1 is 0.324 bits per heavy atom. The Hall–Kier alpha value is -1.60. The van der Waals surface area contributed by atoms with Crippen LogP contribution in [0.25, 0.3) is 0 Å². The van der Waals surface area contributed by atoms with Gasteiger partial charge >= 0.3 is 170 Å². The molecule has 0 aliphatic rings. The second kappa shape index (κ2) is 19.7. The van der Waals surface area contributed by atoms with Gasteiger partial charge < -0.3 is 0 Å². The summed E-state index contributed by atoms with van der Waals surface area (Å²) in [7, 11) is 0.241. The van der Waals surface area contributed by atoms with Crippen molar-refractivity contribution in [3.63, 3.8) is 0 Å². The van der Waals surface area contributed by atoms with Crippen LogP contribution in [0.5, 0.6) is 0 Å². The molecule has 0 amide bonds. The van der Waals surface area contributed by atoms with Crippen LogP contribution in [0, 0.1) is 0 Å². The number of hydrogen-bond donors (Lipinski definition) is 0. The van der Waals surface area contributed by atoms with Gasteiger partial charge in [-0.1, -0.05) is 39.3 Å². The van der Waals surface area contributed by atoms with Crippen molar-refractivity contribution in [3.8, 4) is 0 Å². The summed E-state index contributed by atoms with van der Waals surface area (Å²) in [5, 5.41) is 0. The van der Waals surface area contributed by atoms with Crippen LogP contribution >= 0.6 is 0 Å². The van der Waals surface area contributed by atoms with Crippen molar-refractivity contribution in [1.29, 1.82) is 0 Å². The van der Waals surface area contributed by atoms with E-state index in [2.05, 4.69) is 161 Å². The number of rotatable bonds is 4. The maximum atomic E-state index is 2.27. The SMILES string of the molecule is C[Si](C)C.C[Si](C)C.c1cc[c]([Ge][c]2ccccc2)cc1.c1cc[c]([Ge][c]2ccccc2)cc1. The molecular weight excluding hydrogens is 562 g/mol. The second-order valence-electron chi connectivity index (χ2n) is 8.71. The van der Waals surface area contributed by atoms with Crippen molar-refractivity contribution in [2.75, 3.05) is 0 Å². The average Bonchev–Trinajstić information content (AvgIpc) is 2.82. The first-order chi connectivity index (χ1) is 16.4. The summed E-state index contributed by atoms with van der Waals surface area (Å²) in [5.74, 6) is 0. The molecule has 4 aromatic carbocycles. The van der Waals surface area contributed by atoms with Crippen LogP contribution in [0.3, 0.4) is 0 Å². The van der Waals surface area contributed by atoms with E-state index in [1.165, 1.54) is 17.6 Å². The molecule has 0 bridgehead atoms. The molecule has 0 spiro atoms. The topological polar surface area (TPSA) is 0 Å². The Balaban J connectivity index is 0.000000261. The predicted molar refractivity (Wildman–Crippen MR) is 163 cm³/mol. The van der Waals surface area contributed by atoms with Crippen LogP contribution in [-0.4, -0.2) is 48.5 Å². The van der Waals surface area contributed by atoms with Gasteiger partial charge in [-0.25, -0.2) is 0 Å². The molecule has 174 valence electrons. The van der Waals surface area contributed by atoms with E-state index in [-0.39, 0.29) is 48.5 Å². The van der Waals surface area contributed by atoms with Crippen molar-refractivity contribution >= 4 is 66.0 Å². The number of benzene rings is 4. The van der Waals surface area contributed by atoms with E-state index in [0.717, 1.165) is 0 Å². The van der Waals surface area contributed by atoms with Gasteiger partial charge in [0, 0.05) is 17.6 Å². The maximum absolute atomic E-state index is 2.27. The Kier molecular flexibility index (Phi) is 17.6. The minimum atomic E-state index is -0.108. The zero-order valence-electron chi connectivity index (χ0n) is 21.5. The Bertz CT molecular complexity index is 798. The minimum absolute atomic E-state index is 0.108. The quantitative estimate of drug-likeness (QED) is 0.275. The summed E-state index contributed by atoms with van der Waals surface area (Å²) in [4.78, 5) is 0. The summed E-state index contributed by atoms with van der Waals surface area (Å²) in [6.07, 6.45) is 0. The van der Waals surface area contributed by atoms with Crippen molar-refractivity contribution in [3.05, 3.63) is 121 Å². The molecule has 0 N–H and O–H groups in total. The molecule has 0 aliphatic heterocycles. The molecule has 34 heavy (non-hydrogen) atoms. The summed E-state index contributed by atoms with van der Waals surface area (Å²) >= 11 is -0.216. The molecular formula is C30H38Ge2Si2. The van der Waals surface area contributed by atoms with Crippen molar-refractivity contribution in [2.45, 2.75) is 39.3 Å². The molecule has 4 aromatic rings. The molecule has 0 atom stereocenters. The predicted octanol–water partition coefficient (Wildman–Crippen LogP) is 5.42. The molecule has 0 nitrogen and oxygen atoms in total. The molecule has 4 heteroatoms. The Morgan fingerprint density at radius 2 is 0.471 bits per heavy atom. The summed E-state index contributed by atoms with van der Waals surface area (Å²) in [5.41, 5.74) is 0. The van der Waals surface area contributed by atoms with Gasteiger partial charge in [0.1, 0.15) is 0 Å². The zero-order chi connectivity index (χ0) is 25.0. The third-order valence-electron chi connectivity index (χ3n) is 3.67. The molecule has 0 saturated heterocycles. The van der Waals surface area contributed by atoms with E-state index in [1.807, 2.05) is 0 Å². The normalized spacial score (nSPS) is 9.65. The van der Waals surface area contributed by atoms with Crippen molar-refractivity contribution < 1.29 is 0 Å². The van der Waals surface area contributed by atoms with Gasteiger partial charge in [-0.3, -0.25) is 0 Å².